The van der Waals surface area contributed by atoms with Crippen LogP contribution in [-0.2, 0) is 4.79 Å². The lowest BCUT2D eigenvalue weighted by atomic mass is 10.2. The summed E-state index contributed by atoms with van der Waals surface area (Å²) in [6, 6.07) is 11.9. The van der Waals surface area contributed by atoms with Crippen molar-refractivity contribution in [2.24, 2.45) is 5.10 Å². The topological polar surface area (TPSA) is 80.2 Å². The molecule has 0 saturated carbocycles. The number of rotatable bonds is 6. The van der Waals surface area contributed by atoms with Gasteiger partial charge >= 0.3 is 0 Å². The van der Waals surface area contributed by atoms with E-state index in [1.807, 2.05) is 12.1 Å². The fourth-order valence-electron chi connectivity index (χ4n) is 1.69. The number of hydrogen-bond donors (Lipinski definition) is 2. The normalized spacial score (nSPS) is 10.5. The minimum absolute atomic E-state index is 0.0381. The van der Waals surface area contributed by atoms with E-state index in [9.17, 15) is 9.90 Å². The van der Waals surface area contributed by atoms with Gasteiger partial charge in [-0.2, -0.15) is 5.10 Å². The number of carbonyl (C=O) groups is 1. The number of amides is 1. The molecule has 0 saturated heterocycles. The summed E-state index contributed by atoms with van der Waals surface area (Å²) in [5, 5.41) is 13.3. The Morgan fingerprint density at radius 3 is 2.91 bits per heavy atom. The molecule has 0 atom stereocenters. The smallest absolute Gasteiger partial charge is 0.277 e. The van der Waals surface area contributed by atoms with E-state index < -0.39 is 0 Å². The molecule has 0 heterocycles. The molecule has 0 unspecified atom stereocenters. The number of methoxy groups -OCH3 is 1. The van der Waals surface area contributed by atoms with Crippen molar-refractivity contribution in [1.29, 1.82) is 0 Å². The third-order valence-electron chi connectivity index (χ3n) is 2.77. The number of hydrogen-bond acceptors (Lipinski definition) is 5. The molecule has 0 aliphatic heterocycles. The molecule has 2 N–H and O–H groups in total. The van der Waals surface area contributed by atoms with Crippen molar-refractivity contribution in [2.45, 2.75) is 0 Å². The second kappa shape index (κ2) is 8.19. The summed E-state index contributed by atoms with van der Waals surface area (Å²) < 4.78 is 11.2. The molecule has 0 bridgehead atoms. The van der Waals surface area contributed by atoms with E-state index in [2.05, 4.69) is 26.5 Å². The second-order valence-corrected chi connectivity index (χ2v) is 5.39. The highest BCUT2D eigenvalue weighted by atomic mass is 79.9. The van der Waals surface area contributed by atoms with Gasteiger partial charge in [0.15, 0.2) is 18.1 Å². The van der Waals surface area contributed by atoms with Crippen molar-refractivity contribution in [3.8, 4) is 17.2 Å². The Morgan fingerprint density at radius 2 is 2.17 bits per heavy atom. The van der Waals surface area contributed by atoms with Gasteiger partial charge in [0, 0.05) is 4.47 Å². The molecule has 0 fully saturated rings. The van der Waals surface area contributed by atoms with Gasteiger partial charge in [-0.3, -0.25) is 4.79 Å². The number of halogens is 1. The Bertz CT molecular complexity index is 719. The molecule has 23 heavy (non-hydrogen) atoms. The average Bonchev–Trinajstić information content (AvgIpc) is 2.54. The van der Waals surface area contributed by atoms with Crippen LogP contribution in [0.5, 0.6) is 17.2 Å². The van der Waals surface area contributed by atoms with Crippen molar-refractivity contribution < 1.29 is 19.4 Å². The van der Waals surface area contributed by atoms with Gasteiger partial charge < -0.3 is 14.6 Å². The number of ether oxygens (including phenoxy) is 2. The minimum atomic E-state index is -0.382. The third kappa shape index (κ3) is 5.30. The van der Waals surface area contributed by atoms with Crippen LogP contribution in [0, 0.1) is 0 Å². The largest absolute Gasteiger partial charge is 0.504 e. The fourth-order valence-corrected chi connectivity index (χ4v) is 2.07. The Morgan fingerprint density at radius 1 is 1.35 bits per heavy atom. The maximum atomic E-state index is 11.6. The number of phenolic OH excluding ortho intramolecular Hbond substituents is 1. The van der Waals surface area contributed by atoms with E-state index in [0.717, 1.165) is 4.47 Å². The highest BCUT2D eigenvalue weighted by molar-refractivity contribution is 9.10. The quantitative estimate of drug-likeness (QED) is 0.598. The Kier molecular flexibility index (Phi) is 5.99. The van der Waals surface area contributed by atoms with E-state index >= 15 is 0 Å². The minimum Gasteiger partial charge on any atom is -0.504 e. The van der Waals surface area contributed by atoms with E-state index in [-0.39, 0.29) is 18.3 Å². The molecule has 6 nitrogen and oxygen atoms in total. The molecule has 0 aliphatic carbocycles. The lowest BCUT2D eigenvalue weighted by Crippen LogP contribution is -2.24. The summed E-state index contributed by atoms with van der Waals surface area (Å²) >= 11 is 3.32. The number of hydrazone groups is 1. The van der Waals surface area contributed by atoms with Crippen molar-refractivity contribution in [3.05, 3.63) is 52.5 Å². The monoisotopic (exact) mass is 378 g/mol. The summed E-state index contributed by atoms with van der Waals surface area (Å²) in [5.74, 6) is 0.572. The van der Waals surface area contributed by atoms with Gasteiger partial charge in [-0.15, -0.1) is 0 Å². The molecule has 7 heteroatoms. The van der Waals surface area contributed by atoms with Gasteiger partial charge in [0.1, 0.15) is 5.75 Å². The van der Waals surface area contributed by atoms with Crippen LogP contribution in [0.15, 0.2) is 52.0 Å². The Balaban J connectivity index is 1.84. The van der Waals surface area contributed by atoms with Gasteiger partial charge in [0.25, 0.3) is 5.91 Å². The third-order valence-corrected chi connectivity index (χ3v) is 3.27. The van der Waals surface area contributed by atoms with Crippen LogP contribution in [-0.4, -0.2) is 30.9 Å². The van der Waals surface area contributed by atoms with Crippen LogP contribution in [0.4, 0.5) is 0 Å². The van der Waals surface area contributed by atoms with Crippen molar-refractivity contribution in [2.75, 3.05) is 13.7 Å². The summed E-state index contributed by atoms with van der Waals surface area (Å²) in [5.41, 5.74) is 3.03. The molecule has 0 aliphatic rings. The maximum Gasteiger partial charge on any atom is 0.277 e. The predicted octanol–water partition coefficient (Wildman–Crippen LogP) is 2.69. The van der Waals surface area contributed by atoms with E-state index in [0.29, 0.717) is 17.1 Å². The molecule has 120 valence electrons. The van der Waals surface area contributed by atoms with Crippen molar-refractivity contribution in [3.63, 3.8) is 0 Å². The zero-order valence-electron chi connectivity index (χ0n) is 12.3. The first kappa shape index (κ1) is 16.8. The zero-order valence-corrected chi connectivity index (χ0v) is 13.9. The second-order valence-electron chi connectivity index (χ2n) is 4.47. The van der Waals surface area contributed by atoms with Crippen LogP contribution >= 0.6 is 15.9 Å². The van der Waals surface area contributed by atoms with Crippen LogP contribution in [0.3, 0.4) is 0 Å². The molecular formula is C16H15BrN2O4. The van der Waals surface area contributed by atoms with Crippen LogP contribution in [0.25, 0.3) is 0 Å². The first-order chi connectivity index (χ1) is 11.1. The Labute approximate surface area is 141 Å². The van der Waals surface area contributed by atoms with Crippen molar-refractivity contribution in [1.82, 2.24) is 5.43 Å². The molecule has 0 aromatic heterocycles. The number of nitrogens with zero attached hydrogens (tertiary/aromatic N) is 1. The lowest BCUT2D eigenvalue weighted by Gasteiger charge is -2.05. The zero-order chi connectivity index (χ0) is 16.7. The van der Waals surface area contributed by atoms with Crippen LogP contribution < -0.4 is 14.9 Å². The standard InChI is InChI=1S/C16H15BrN2O4/c1-22-15-7-11(5-6-14(15)20)9-18-19-16(21)10-23-13-4-2-3-12(17)8-13/h2-9,20H,10H2,1H3,(H,19,21)/b18-9-. The fraction of sp³-hybridized carbons (Fsp3) is 0.125. The summed E-state index contributed by atoms with van der Waals surface area (Å²) in [6.07, 6.45) is 1.44. The van der Waals surface area contributed by atoms with Crippen molar-refractivity contribution >= 4 is 28.1 Å². The van der Waals surface area contributed by atoms with Gasteiger partial charge in [0.05, 0.1) is 13.3 Å². The number of benzene rings is 2. The number of carbonyl (C=O) groups excluding carboxylic acids is 1. The number of aromatic hydroxyl groups is 1. The first-order valence-electron chi connectivity index (χ1n) is 6.66. The van der Waals surface area contributed by atoms with Crippen LogP contribution in [0.1, 0.15) is 5.56 Å². The molecule has 0 radical (unpaired) electrons. The molecule has 2 rings (SSSR count). The molecule has 1 amide bonds. The Hall–Kier alpha value is -2.54. The lowest BCUT2D eigenvalue weighted by molar-refractivity contribution is -0.123. The first-order valence-corrected chi connectivity index (χ1v) is 7.45. The van der Waals surface area contributed by atoms with Gasteiger partial charge in [-0.1, -0.05) is 22.0 Å². The van der Waals surface area contributed by atoms with Gasteiger partial charge in [-0.25, -0.2) is 5.43 Å². The summed E-state index contributed by atoms with van der Waals surface area (Å²) in [4.78, 5) is 11.6. The molecule has 2 aromatic carbocycles. The SMILES string of the molecule is COc1cc(/C=N\NC(=O)COc2cccc(Br)c2)ccc1O. The number of phenols is 1. The molecular weight excluding hydrogens is 364 g/mol. The maximum absolute atomic E-state index is 11.6. The average molecular weight is 379 g/mol. The number of nitrogens with one attached hydrogen (secondary N) is 1. The summed E-state index contributed by atoms with van der Waals surface area (Å²) in [6.45, 7) is -0.146. The van der Waals surface area contributed by atoms with Gasteiger partial charge in [0.2, 0.25) is 0 Å². The van der Waals surface area contributed by atoms with E-state index in [4.69, 9.17) is 9.47 Å². The van der Waals surface area contributed by atoms with E-state index in [1.54, 1.807) is 24.3 Å². The summed E-state index contributed by atoms with van der Waals surface area (Å²) in [7, 11) is 1.46. The highest BCUT2D eigenvalue weighted by Crippen LogP contribution is 2.25. The predicted molar refractivity (Wildman–Crippen MR) is 90.0 cm³/mol. The van der Waals surface area contributed by atoms with Gasteiger partial charge in [-0.05, 0) is 42.0 Å². The van der Waals surface area contributed by atoms with E-state index in [1.165, 1.54) is 19.4 Å². The molecule has 2 aromatic rings. The highest BCUT2D eigenvalue weighted by Gasteiger charge is 2.03. The molecule has 0 spiro atoms. The van der Waals surface area contributed by atoms with Crippen LogP contribution in [0.2, 0.25) is 0 Å².